The summed E-state index contributed by atoms with van der Waals surface area (Å²) < 4.78 is 10.8. The molecule has 0 bridgehead atoms. The normalized spacial score (nSPS) is 12.8. The highest BCUT2D eigenvalue weighted by Crippen LogP contribution is 2.37. The molecule has 0 spiro atoms. The molecule has 2 aromatic heterocycles. The zero-order valence-corrected chi connectivity index (χ0v) is 10.6. The first kappa shape index (κ1) is 11.1. The lowest BCUT2D eigenvalue weighted by molar-refractivity contribution is 0.174. The lowest BCUT2D eigenvalue weighted by Crippen LogP contribution is -2.03. The van der Waals surface area contributed by atoms with Crippen molar-refractivity contribution in [3.8, 4) is 11.5 Å². The molecular weight excluding hydrogens is 256 g/mol. The van der Waals surface area contributed by atoms with Gasteiger partial charge in [0.2, 0.25) is 6.79 Å². The van der Waals surface area contributed by atoms with Crippen molar-refractivity contribution in [1.82, 2.24) is 15.0 Å². The van der Waals surface area contributed by atoms with Gasteiger partial charge in [-0.25, -0.2) is 9.97 Å². The number of fused-ring (bicyclic) bond motifs is 2. The molecule has 0 unspecified atom stereocenters. The van der Waals surface area contributed by atoms with Crippen LogP contribution in [0.3, 0.4) is 0 Å². The maximum Gasteiger partial charge on any atom is 0.231 e. The van der Waals surface area contributed by atoms with Crippen LogP contribution in [-0.2, 0) is 6.54 Å². The van der Waals surface area contributed by atoms with E-state index in [-0.39, 0.29) is 6.79 Å². The number of aromatic nitrogens is 3. The first-order valence-electron chi connectivity index (χ1n) is 6.31. The number of pyridine rings is 1. The molecule has 2 N–H and O–H groups in total. The minimum Gasteiger partial charge on any atom is -0.454 e. The van der Waals surface area contributed by atoms with E-state index in [4.69, 9.17) is 9.47 Å². The van der Waals surface area contributed by atoms with E-state index in [9.17, 15) is 0 Å². The summed E-state index contributed by atoms with van der Waals surface area (Å²) in [7, 11) is 0. The summed E-state index contributed by atoms with van der Waals surface area (Å²) in [6.07, 6.45) is 5.30. The number of aromatic amines is 1. The minimum absolute atomic E-state index is 0.272. The molecule has 4 rings (SSSR count). The van der Waals surface area contributed by atoms with E-state index in [0.717, 1.165) is 33.9 Å². The summed E-state index contributed by atoms with van der Waals surface area (Å²) in [6.45, 7) is 0.863. The van der Waals surface area contributed by atoms with Gasteiger partial charge in [-0.05, 0) is 23.6 Å². The third-order valence-electron chi connectivity index (χ3n) is 3.24. The van der Waals surface area contributed by atoms with E-state index >= 15 is 0 Å². The van der Waals surface area contributed by atoms with Gasteiger partial charge in [0.05, 0.1) is 6.54 Å². The number of benzene rings is 1. The second-order valence-electron chi connectivity index (χ2n) is 4.48. The molecule has 0 saturated heterocycles. The molecule has 3 aromatic rings. The Morgan fingerprint density at radius 3 is 2.90 bits per heavy atom. The fourth-order valence-electron chi connectivity index (χ4n) is 2.27. The van der Waals surface area contributed by atoms with E-state index in [1.807, 2.05) is 18.2 Å². The number of H-pyrrole nitrogens is 1. The highest BCUT2D eigenvalue weighted by molar-refractivity contribution is 5.94. The molecule has 0 radical (unpaired) electrons. The van der Waals surface area contributed by atoms with Crippen LogP contribution in [0, 0.1) is 0 Å². The Morgan fingerprint density at radius 2 is 2.05 bits per heavy atom. The predicted molar refractivity (Wildman–Crippen MR) is 73.8 cm³/mol. The quantitative estimate of drug-likeness (QED) is 0.762. The third-order valence-corrected chi connectivity index (χ3v) is 3.24. The van der Waals surface area contributed by atoms with Crippen LogP contribution < -0.4 is 14.8 Å². The van der Waals surface area contributed by atoms with Crippen molar-refractivity contribution in [2.45, 2.75) is 6.54 Å². The summed E-state index contributed by atoms with van der Waals surface area (Å²) >= 11 is 0. The largest absolute Gasteiger partial charge is 0.454 e. The Kier molecular flexibility index (Phi) is 2.45. The predicted octanol–water partition coefficient (Wildman–Crippen LogP) is 2.30. The SMILES string of the molecule is c1c[nH]c(CNc2nccc3cc4c(cc23)OCO4)n1. The highest BCUT2D eigenvalue weighted by atomic mass is 16.7. The maximum atomic E-state index is 5.42. The molecule has 20 heavy (non-hydrogen) atoms. The van der Waals surface area contributed by atoms with Gasteiger partial charge in [0.25, 0.3) is 0 Å². The Balaban J connectivity index is 1.71. The van der Waals surface area contributed by atoms with Crippen LogP contribution in [-0.4, -0.2) is 21.7 Å². The van der Waals surface area contributed by atoms with Gasteiger partial charge in [0.1, 0.15) is 11.6 Å². The first-order valence-corrected chi connectivity index (χ1v) is 6.31. The second kappa shape index (κ2) is 4.41. The van der Waals surface area contributed by atoms with E-state index in [2.05, 4.69) is 20.3 Å². The fraction of sp³-hybridized carbons (Fsp3) is 0.143. The molecular formula is C14H12N4O2. The maximum absolute atomic E-state index is 5.42. The molecule has 0 saturated carbocycles. The summed E-state index contributed by atoms with van der Waals surface area (Å²) in [5, 5.41) is 5.34. The van der Waals surface area contributed by atoms with Crippen LogP contribution in [0.2, 0.25) is 0 Å². The standard InChI is InChI=1S/C14H12N4O2/c1-2-17-14(18-7-13-15-3-4-16-13)10-6-12-11(5-9(1)10)19-8-20-12/h1-6H,7-8H2,(H,15,16)(H,17,18). The Bertz CT molecular complexity index is 755. The molecule has 0 atom stereocenters. The van der Waals surface area contributed by atoms with Gasteiger partial charge >= 0.3 is 0 Å². The third kappa shape index (κ3) is 1.82. The van der Waals surface area contributed by atoms with Crippen molar-refractivity contribution in [3.63, 3.8) is 0 Å². The van der Waals surface area contributed by atoms with Gasteiger partial charge in [-0.15, -0.1) is 0 Å². The van der Waals surface area contributed by atoms with Crippen molar-refractivity contribution in [3.05, 3.63) is 42.6 Å². The number of imidazole rings is 1. The highest BCUT2D eigenvalue weighted by Gasteiger charge is 2.15. The number of hydrogen-bond donors (Lipinski definition) is 2. The molecule has 0 aliphatic carbocycles. The number of anilines is 1. The van der Waals surface area contributed by atoms with Crippen LogP contribution in [0.4, 0.5) is 5.82 Å². The zero-order valence-electron chi connectivity index (χ0n) is 10.6. The van der Waals surface area contributed by atoms with E-state index in [1.54, 1.807) is 18.6 Å². The van der Waals surface area contributed by atoms with E-state index in [1.165, 1.54) is 0 Å². The smallest absolute Gasteiger partial charge is 0.231 e. The van der Waals surface area contributed by atoms with Gasteiger partial charge < -0.3 is 19.8 Å². The minimum atomic E-state index is 0.272. The molecule has 0 amide bonds. The van der Waals surface area contributed by atoms with Crippen molar-refractivity contribution >= 4 is 16.6 Å². The molecule has 1 aliphatic heterocycles. The summed E-state index contributed by atoms with van der Waals surface area (Å²) in [5.41, 5.74) is 0. The van der Waals surface area contributed by atoms with Crippen molar-refractivity contribution in [1.29, 1.82) is 0 Å². The van der Waals surface area contributed by atoms with Crippen LogP contribution in [0.1, 0.15) is 5.82 Å². The average molecular weight is 268 g/mol. The van der Waals surface area contributed by atoms with Crippen molar-refractivity contribution in [2.24, 2.45) is 0 Å². The molecule has 1 aliphatic rings. The van der Waals surface area contributed by atoms with Gasteiger partial charge in [-0.2, -0.15) is 0 Å². The van der Waals surface area contributed by atoms with Crippen molar-refractivity contribution in [2.75, 3.05) is 12.1 Å². The zero-order chi connectivity index (χ0) is 13.4. The number of hydrogen-bond acceptors (Lipinski definition) is 5. The molecule has 3 heterocycles. The Labute approximate surface area is 114 Å². The van der Waals surface area contributed by atoms with E-state index < -0.39 is 0 Å². The first-order chi connectivity index (χ1) is 9.90. The molecule has 1 aromatic carbocycles. The lowest BCUT2D eigenvalue weighted by Gasteiger charge is -2.08. The summed E-state index contributed by atoms with van der Waals surface area (Å²) in [4.78, 5) is 11.6. The van der Waals surface area contributed by atoms with Crippen LogP contribution in [0.15, 0.2) is 36.8 Å². The topological polar surface area (TPSA) is 72.1 Å². The van der Waals surface area contributed by atoms with Crippen LogP contribution in [0.5, 0.6) is 11.5 Å². The summed E-state index contributed by atoms with van der Waals surface area (Å²) in [5.74, 6) is 3.20. The molecule has 100 valence electrons. The number of nitrogens with zero attached hydrogens (tertiary/aromatic N) is 2. The average Bonchev–Trinajstić information content (AvgIpc) is 3.13. The van der Waals surface area contributed by atoms with Crippen LogP contribution in [0.25, 0.3) is 10.8 Å². The molecule has 6 heteroatoms. The van der Waals surface area contributed by atoms with Gasteiger partial charge in [0, 0.05) is 24.0 Å². The number of rotatable bonds is 3. The van der Waals surface area contributed by atoms with Gasteiger partial charge in [-0.1, -0.05) is 0 Å². The molecule has 0 fully saturated rings. The molecule has 6 nitrogen and oxygen atoms in total. The Hall–Kier alpha value is -2.76. The van der Waals surface area contributed by atoms with Gasteiger partial charge in [-0.3, -0.25) is 0 Å². The number of ether oxygens (including phenoxy) is 2. The van der Waals surface area contributed by atoms with Crippen LogP contribution >= 0.6 is 0 Å². The second-order valence-corrected chi connectivity index (χ2v) is 4.48. The van der Waals surface area contributed by atoms with Crippen molar-refractivity contribution < 1.29 is 9.47 Å². The van der Waals surface area contributed by atoms with E-state index in [0.29, 0.717) is 6.54 Å². The monoisotopic (exact) mass is 268 g/mol. The fourth-order valence-corrected chi connectivity index (χ4v) is 2.27. The lowest BCUT2D eigenvalue weighted by atomic mass is 10.1. The Morgan fingerprint density at radius 1 is 1.15 bits per heavy atom. The summed E-state index contributed by atoms with van der Waals surface area (Å²) in [6, 6.07) is 5.88. The van der Waals surface area contributed by atoms with Gasteiger partial charge in [0.15, 0.2) is 11.5 Å². The number of nitrogens with one attached hydrogen (secondary N) is 2.